The van der Waals surface area contributed by atoms with Gasteiger partial charge in [-0.2, -0.15) is 0 Å². The van der Waals surface area contributed by atoms with Crippen LogP contribution in [0, 0.1) is 11.8 Å². The van der Waals surface area contributed by atoms with Crippen LogP contribution >= 0.6 is 17.0 Å². The smallest absolute Gasteiger partial charge is 0.119 e. The molecule has 6 atom stereocenters. The van der Waals surface area contributed by atoms with E-state index < -0.39 is 0 Å². The maximum Gasteiger partial charge on any atom is 0.119 e. The number of methoxy groups -OCH3 is 2. The molecule has 6 aliphatic rings. The van der Waals surface area contributed by atoms with Crippen LogP contribution in [0.2, 0.25) is 0 Å². The van der Waals surface area contributed by atoms with Gasteiger partial charge in [0.25, 0.3) is 0 Å². The molecule has 0 spiro atoms. The third-order valence-corrected chi connectivity index (χ3v) is 12.6. The van der Waals surface area contributed by atoms with Gasteiger partial charge in [0.2, 0.25) is 0 Å². The first-order valence-electron chi connectivity index (χ1n) is 16.2. The second-order valence-electron chi connectivity index (χ2n) is 14.1. The van der Waals surface area contributed by atoms with E-state index in [1.165, 1.54) is 90.1 Å². The Morgan fingerprint density at radius 1 is 0.643 bits per heavy atom. The summed E-state index contributed by atoms with van der Waals surface area (Å²) in [6.07, 6.45) is 16.4. The standard InChI is InChI=1S/2C18H25NO.BrH.H2O/c2*1-19-10-9-18-8-4-3-5-15(18)17(19)11-13-6-7-14(20-2)12-16(13)18;;/h2*6-7,12,15,17H,3-5,8-11H2,1-2H3;1H;1H2/t2*15-,17+,18+;;/m11../s1. The Labute approximate surface area is 264 Å². The topological polar surface area (TPSA) is 56.4 Å². The summed E-state index contributed by atoms with van der Waals surface area (Å²) >= 11 is 0. The number of likely N-dealkylation sites (tertiary alicyclic amines) is 2. The Morgan fingerprint density at radius 3 is 1.48 bits per heavy atom. The highest BCUT2D eigenvalue weighted by Gasteiger charge is 2.54. The third-order valence-electron chi connectivity index (χ3n) is 12.6. The first-order valence-corrected chi connectivity index (χ1v) is 16.2. The predicted molar refractivity (Wildman–Crippen MR) is 177 cm³/mol. The van der Waals surface area contributed by atoms with Crippen LogP contribution < -0.4 is 9.47 Å². The van der Waals surface area contributed by atoms with Crippen molar-refractivity contribution >= 4 is 17.0 Å². The van der Waals surface area contributed by atoms with Gasteiger partial charge in [0, 0.05) is 22.9 Å². The van der Waals surface area contributed by atoms with E-state index in [1.54, 1.807) is 36.5 Å². The van der Waals surface area contributed by atoms with Crippen molar-refractivity contribution in [2.75, 3.05) is 41.4 Å². The SMILES string of the molecule is Br.COc1ccc2c(c1)[C@]13CCCC[C@@H]1[C@H](C2)N(C)CC3.COc1ccc2c(c1)[C@]13CCCC[C@@H]1[C@H](C2)N(C)CC3.O. The molecule has 2 aliphatic heterocycles. The van der Waals surface area contributed by atoms with Crippen molar-refractivity contribution < 1.29 is 14.9 Å². The number of piperidine rings is 2. The Kier molecular flexibility index (Phi) is 9.41. The summed E-state index contributed by atoms with van der Waals surface area (Å²) in [5, 5.41) is 0. The van der Waals surface area contributed by atoms with E-state index in [2.05, 4.69) is 60.3 Å². The van der Waals surface area contributed by atoms with Gasteiger partial charge in [-0.25, -0.2) is 0 Å². The maximum absolute atomic E-state index is 5.51. The molecule has 5 nitrogen and oxygen atoms in total. The zero-order valence-electron chi connectivity index (χ0n) is 26.3. The van der Waals surface area contributed by atoms with Gasteiger partial charge in [0.05, 0.1) is 14.2 Å². The van der Waals surface area contributed by atoms with Gasteiger partial charge in [-0.05, 0) is 137 Å². The molecule has 2 heterocycles. The van der Waals surface area contributed by atoms with Crippen molar-refractivity contribution in [3.63, 3.8) is 0 Å². The second kappa shape index (κ2) is 12.4. The van der Waals surface area contributed by atoms with Crippen LogP contribution in [0.3, 0.4) is 0 Å². The van der Waals surface area contributed by atoms with Crippen LogP contribution in [0.15, 0.2) is 36.4 Å². The molecular weight excluding hydrogens is 588 g/mol. The van der Waals surface area contributed by atoms with Gasteiger partial charge >= 0.3 is 0 Å². The Hall–Kier alpha value is -1.60. The van der Waals surface area contributed by atoms with Crippen LogP contribution in [0.5, 0.6) is 11.5 Å². The number of benzene rings is 2. The number of hydrogen-bond donors (Lipinski definition) is 0. The van der Waals surface area contributed by atoms with Gasteiger partial charge in [-0.1, -0.05) is 37.8 Å². The Balaban J connectivity index is 0.000000160. The first-order chi connectivity index (χ1) is 19.5. The molecule has 0 radical (unpaired) electrons. The Morgan fingerprint density at radius 2 is 1.07 bits per heavy atom. The summed E-state index contributed by atoms with van der Waals surface area (Å²) in [6.45, 7) is 2.52. The molecule has 232 valence electrons. The van der Waals surface area contributed by atoms with Crippen molar-refractivity contribution in [2.45, 2.75) is 100.0 Å². The summed E-state index contributed by atoms with van der Waals surface area (Å²) in [4.78, 5) is 5.25. The number of nitrogens with zero attached hydrogens (tertiary/aromatic N) is 2. The molecule has 2 saturated heterocycles. The maximum atomic E-state index is 5.51. The minimum Gasteiger partial charge on any atom is -0.497 e. The molecule has 0 unspecified atom stereocenters. The van der Waals surface area contributed by atoms with Crippen molar-refractivity contribution in [2.24, 2.45) is 11.8 Å². The van der Waals surface area contributed by atoms with E-state index >= 15 is 0 Å². The fourth-order valence-corrected chi connectivity index (χ4v) is 10.6. The number of hydrogen-bond acceptors (Lipinski definition) is 4. The fourth-order valence-electron chi connectivity index (χ4n) is 10.6. The van der Waals surface area contributed by atoms with Crippen LogP contribution in [0.4, 0.5) is 0 Å². The lowest BCUT2D eigenvalue weighted by atomic mass is 9.52. The predicted octanol–water partition coefficient (Wildman–Crippen LogP) is 6.52. The van der Waals surface area contributed by atoms with E-state index in [1.807, 2.05) is 0 Å². The Bertz CT molecular complexity index is 1160. The highest BCUT2D eigenvalue weighted by Crippen LogP contribution is 2.57. The zero-order chi connectivity index (χ0) is 27.5. The third kappa shape index (κ3) is 4.93. The highest BCUT2D eigenvalue weighted by atomic mass is 79.9. The van der Waals surface area contributed by atoms with Crippen LogP contribution in [-0.4, -0.2) is 68.8 Å². The average Bonchev–Trinajstić information content (AvgIpc) is 3.00. The van der Waals surface area contributed by atoms with Crippen LogP contribution in [-0.2, 0) is 23.7 Å². The van der Waals surface area contributed by atoms with Crippen LogP contribution in [0.25, 0.3) is 0 Å². The molecule has 8 rings (SSSR count). The van der Waals surface area contributed by atoms with Gasteiger partial charge in [0.15, 0.2) is 0 Å². The monoisotopic (exact) mass is 640 g/mol. The molecule has 4 fully saturated rings. The number of likely N-dealkylation sites (N-methyl/N-ethyl adjacent to an activating group) is 2. The lowest BCUT2D eigenvalue weighted by Crippen LogP contribution is -2.59. The largest absolute Gasteiger partial charge is 0.497 e. The molecule has 4 bridgehead atoms. The summed E-state index contributed by atoms with van der Waals surface area (Å²) in [5.74, 6) is 3.82. The minimum atomic E-state index is 0. The van der Waals surface area contributed by atoms with E-state index in [0.29, 0.717) is 10.8 Å². The second-order valence-corrected chi connectivity index (χ2v) is 14.1. The lowest BCUT2D eigenvalue weighted by molar-refractivity contribution is 0.00272. The fraction of sp³-hybridized carbons (Fsp3) is 0.667. The van der Waals surface area contributed by atoms with Crippen molar-refractivity contribution in [3.05, 3.63) is 58.7 Å². The molecule has 2 saturated carbocycles. The molecule has 0 amide bonds. The number of rotatable bonds is 2. The average molecular weight is 642 g/mol. The molecule has 6 heteroatoms. The summed E-state index contributed by atoms with van der Waals surface area (Å²) in [6, 6.07) is 15.2. The van der Waals surface area contributed by atoms with Gasteiger partial charge in [-0.15, -0.1) is 17.0 Å². The van der Waals surface area contributed by atoms with Crippen molar-refractivity contribution in [1.82, 2.24) is 9.80 Å². The molecule has 2 aromatic rings. The van der Waals surface area contributed by atoms with Gasteiger partial charge in [0.1, 0.15) is 11.5 Å². The van der Waals surface area contributed by atoms with Crippen molar-refractivity contribution in [1.29, 1.82) is 0 Å². The minimum absolute atomic E-state index is 0. The highest BCUT2D eigenvalue weighted by molar-refractivity contribution is 8.93. The normalized spacial score (nSPS) is 34.4. The molecule has 0 aromatic heterocycles. The van der Waals surface area contributed by atoms with Crippen LogP contribution in [0.1, 0.15) is 86.5 Å². The van der Waals surface area contributed by atoms with E-state index in [0.717, 1.165) is 35.4 Å². The molecule has 42 heavy (non-hydrogen) atoms. The summed E-state index contributed by atoms with van der Waals surface area (Å²) < 4.78 is 11.0. The summed E-state index contributed by atoms with van der Waals surface area (Å²) in [5.41, 5.74) is 7.34. The molecule has 2 N–H and O–H groups in total. The quantitative estimate of drug-likeness (QED) is 0.375. The number of ether oxygens (including phenoxy) is 2. The first kappa shape index (κ1) is 31.8. The summed E-state index contributed by atoms with van der Waals surface area (Å²) in [7, 11) is 8.24. The van der Waals surface area contributed by atoms with Gasteiger partial charge < -0.3 is 24.7 Å². The number of fused-ring (bicyclic) bond motifs is 2. The van der Waals surface area contributed by atoms with E-state index in [4.69, 9.17) is 9.47 Å². The number of halogens is 1. The zero-order valence-corrected chi connectivity index (χ0v) is 28.0. The van der Waals surface area contributed by atoms with E-state index in [9.17, 15) is 0 Å². The molecule has 2 aromatic carbocycles. The molecule has 4 aliphatic carbocycles. The molecular formula is C36H53BrN2O3. The lowest BCUT2D eigenvalue weighted by Gasteiger charge is -2.58. The van der Waals surface area contributed by atoms with E-state index in [-0.39, 0.29) is 22.5 Å². The van der Waals surface area contributed by atoms with Gasteiger partial charge in [-0.3, -0.25) is 0 Å². The van der Waals surface area contributed by atoms with Crippen molar-refractivity contribution in [3.8, 4) is 11.5 Å².